The summed E-state index contributed by atoms with van der Waals surface area (Å²) in [5.41, 5.74) is 1.36. The lowest BCUT2D eigenvalue weighted by atomic mass is 10.1. The molecule has 0 aliphatic rings. The zero-order chi connectivity index (χ0) is 15.0. The molecule has 0 fully saturated rings. The molecule has 0 saturated carbocycles. The highest BCUT2D eigenvalue weighted by atomic mass is 16.5. The molecule has 0 aliphatic carbocycles. The highest BCUT2D eigenvalue weighted by Crippen LogP contribution is 2.17. The summed E-state index contributed by atoms with van der Waals surface area (Å²) in [7, 11) is 1.54. The van der Waals surface area contributed by atoms with Crippen molar-refractivity contribution in [2.75, 3.05) is 12.4 Å². The van der Waals surface area contributed by atoms with Crippen LogP contribution in [0.2, 0.25) is 0 Å². The maximum Gasteiger partial charge on any atom is 0.335 e. The molecule has 1 aromatic carbocycles. The van der Waals surface area contributed by atoms with E-state index in [4.69, 9.17) is 9.84 Å². The smallest absolute Gasteiger partial charge is 0.335 e. The van der Waals surface area contributed by atoms with Gasteiger partial charge in [0.05, 0.1) is 12.2 Å². The van der Waals surface area contributed by atoms with Gasteiger partial charge in [-0.15, -0.1) is 0 Å². The second kappa shape index (κ2) is 8.32. The van der Waals surface area contributed by atoms with Crippen LogP contribution in [0.5, 0.6) is 0 Å². The lowest BCUT2D eigenvalue weighted by molar-refractivity contribution is -0.116. The standard InChI is InChI=1S/C15H21NO4/c1-3-4-5-6-14(17)16-13-8-11(10-20-2)7-12(9-13)15(18)19/h7-9H,3-6,10H2,1-2H3,(H,16,17)(H,18,19). The number of rotatable bonds is 8. The SMILES string of the molecule is CCCCCC(=O)Nc1cc(COC)cc(C(=O)O)c1. The molecular formula is C15H21NO4. The van der Waals surface area contributed by atoms with Crippen LogP contribution in [-0.2, 0) is 16.1 Å². The molecule has 1 amide bonds. The Labute approximate surface area is 118 Å². The topological polar surface area (TPSA) is 75.6 Å². The molecule has 0 aliphatic heterocycles. The largest absolute Gasteiger partial charge is 0.478 e. The van der Waals surface area contributed by atoms with Crippen LogP contribution in [0.3, 0.4) is 0 Å². The minimum Gasteiger partial charge on any atom is -0.478 e. The Morgan fingerprint density at radius 1 is 1.25 bits per heavy atom. The molecule has 0 unspecified atom stereocenters. The lowest BCUT2D eigenvalue weighted by Gasteiger charge is -2.09. The van der Waals surface area contributed by atoms with Crippen LogP contribution < -0.4 is 5.32 Å². The maximum atomic E-state index is 11.7. The number of benzene rings is 1. The zero-order valence-corrected chi connectivity index (χ0v) is 11.9. The summed E-state index contributed by atoms with van der Waals surface area (Å²) < 4.78 is 5.00. The molecule has 0 aromatic heterocycles. The van der Waals surface area contributed by atoms with Gasteiger partial charge in [0, 0.05) is 19.2 Å². The van der Waals surface area contributed by atoms with Crippen molar-refractivity contribution < 1.29 is 19.4 Å². The van der Waals surface area contributed by atoms with Gasteiger partial charge in [0.15, 0.2) is 0 Å². The molecule has 20 heavy (non-hydrogen) atoms. The second-order valence-electron chi connectivity index (χ2n) is 4.66. The van der Waals surface area contributed by atoms with Gasteiger partial charge >= 0.3 is 5.97 Å². The quantitative estimate of drug-likeness (QED) is 0.717. The molecule has 0 radical (unpaired) electrons. The van der Waals surface area contributed by atoms with Gasteiger partial charge in [-0.25, -0.2) is 4.79 Å². The fourth-order valence-electron chi connectivity index (χ4n) is 1.90. The monoisotopic (exact) mass is 279 g/mol. The summed E-state index contributed by atoms with van der Waals surface area (Å²) >= 11 is 0. The van der Waals surface area contributed by atoms with Gasteiger partial charge in [0.25, 0.3) is 0 Å². The molecule has 1 rings (SSSR count). The van der Waals surface area contributed by atoms with Crippen LogP contribution in [0.4, 0.5) is 5.69 Å². The predicted molar refractivity (Wildman–Crippen MR) is 76.9 cm³/mol. The van der Waals surface area contributed by atoms with Gasteiger partial charge in [-0.3, -0.25) is 4.79 Å². The number of ether oxygens (including phenoxy) is 1. The number of unbranched alkanes of at least 4 members (excludes halogenated alkanes) is 2. The Morgan fingerprint density at radius 2 is 2.00 bits per heavy atom. The van der Waals surface area contributed by atoms with Crippen LogP contribution in [0.15, 0.2) is 18.2 Å². The summed E-state index contributed by atoms with van der Waals surface area (Å²) in [4.78, 5) is 22.8. The number of carboxylic acids is 1. The summed E-state index contributed by atoms with van der Waals surface area (Å²) in [6.45, 7) is 2.38. The average Bonchev–Trinajstić information content (AvgIpc) is 2.39. The second-order valence-corrected chi connectivity index (χ2v) is 4.66. The molecule has 110 valence electrons. The van der Waals surface area contributed by atoms with E-state index in [2.05, 4.69) is 12.2 Å². The van der Waals surface area contributed by atoms with Crippen LogP contribution >= 0.6 is 0 Å². The van der Waals surface area contributed by atoms with Crippen molar-refractivity contribution in [3.8, 4) is 0 Å². The molecule has 0 heterocycles. The van der Waals surface area contributed by atoms with E-state index >= 15 is 0 Å². The molecule has 5 nitrogen and oxygen atoms in total. The van der Waals surface area contributed by atoms with E-state index in [0.717, 1.165) is 24.8 Å². The molecule has 0 saturated heterocycles. The summed E-state index contributed by atoms with van der Waals surface area (Å²) in [5, 5.41) is 11.8. The van der Waals surface area contributed by atoms with Crippen molar-refractivity contribution in [2.45, 2.75) is 39.2 Å². The van der Waals surface area contributed by atoms with E-state index in [1.165, 1.54) is 13.2 Å². The molecule has 0 spiro atoms. The number of hydrogen-bond donors (Lipinski definition) is 2. The summed E-state index contributed by atoms with van der Waals surface area (Å²) in [6.07, 6.45) is 3.36. The van der Waals surface area contributed by atoms with E-state index in [1.54, 1.807) is 12.1 Å². The van der Waals surface area contributed by atoms with Crippen molar-refractivity contribution in [2.24, 2.45) is 0 Å². The van der Waals surface area contributed by atoms with Gasteiger partial charge in [-0.05, 0) is 30.2 Å². The van der Waals surface area contributed by atoms with Crippen molar-refractivity contribution >= 4 is 17.6 Å². The first kappa shape index (κ1) is 16.2. The van der Waals surface area contributed by atoms with Crippen molar-refractivity contribution in [1.82, 2.24) is 0 Å². The average molecular weight is 279 g/mol. The van der Waals surface area contributed by atoms with E-state index < -0.39 is 5.97 Å². The van der Waals surface area contributed by atoms with E-state index in [1.807, 2.05) is 0 Å². The van der Waals surface area contributed by atoms with Gasteiger partial charge in [-0.1, -0.05) is 19.8 Å². The fourth-order valence-corrected chi connectivity index (χ4v) is 1.90. The van der Waals surface area contributed by atoms with Gasteiger partial charge in [-0.2, -0.15) is 0 Å². The van der Waals surface area contributed by atoms with Gasteiger partial charge in [0.1, 0.15) is 0 Å². The number of amides is 1. The summed E-state index contributed by atoms with van der Waals surface area (Å²) in [6, 6.07) is 4.73. The molecule has 0 atom stereocenters. The van der Waals surface area contributed by atoms with E-state index in [9.17, 15) is 9.59 Å². The van der Waals surface area contributed by atoms with Gasteiger partial charge in [0.2, 0.25) is 5.91 Å². The molecular weight excluding hydrogens is 258 g/mol. The Bertz CT molecular complexity index is 471. The lowest BCUT2D eigenvalue weighted by Crippen LogP contribution is -2.12. The molecule has 2 N–H and O–H groups in total. The third kappa shape index (κ3) is 5.40. The van der Waals surface area contributed by atoms with Crippen LogP contribution in [0, 0.1) is 0 Å². The number of carboxylic acid groups (broad SMARTS) is 1. The number of hydrogen-bond acceptors (Lipinski definition) is 3. The number of carbonyl (C=O) groups excluding carboxylic acids is 1. The van der Waals surface area contributed by atoms with Crippen LogP contribution in [0.25, 0.3) is 0 Å². The highest BCUT2D eigenvalue weighted by Gasteiger charge is 2.09. The van der Waals surface area contributed by atoms with Crippen molar-refractivity contribution in [3.63, 3.8) is 0 Å². The minimum atomic E-state index is -1.02. The highest BCUT2D eigenvalue weighted by molar-refractivity contribution is 5.94. The maximum absolute atomic E-state index is 11.7. The van der Waals surface area contributed by atoms with Gasteiger partial charge < -0.3 is 15.2 Å². The predicted octanol–water partition coefficient (Wildman–Crippen LogP) is 3.05. The van der Waals surface area contributed by atoms with Crippen molar-refractivity contribution in [3.05, 3.63) is 29.3 Å². The normalized spacial score (nSPS) is 10.3. The molecule has 1 aromatic rings. The third-order valence-electron chi connectivity index (χ3n) is 2.84. The van der Waals surface area contributed by atoms with E-state index in [-0.39, 0.29) is 11.5 Å². The first-order valence-corrected chi connectivity index (χ1v) is 6.73. The number of anilines is 1. The fraction of sp³-hybridized carbons (Fsp3) is 0.467. The number of methoxy groups -OCH3 is 1. The molecule has 0 bridgehead atoms. The number of carbonyl (C=O) groups is 2. The summed E-state index contributed by atoms with van der Waals surface area (Å²) in [5.74, 6) is -1.12. The molecule has 5 heteroatoms. The first-order chi connectivity index (χ1) is 9.56. The third-order valence-corrected chi connectivity index (χ3v) is 2.84. The van der Waals surface area contributed by atoms with E-state index in [0.29, 0.717) is 18.7 Å². The van der Waals surface area contributed by atoms with Crippen LogP contribution in [0.1, 0.15) is 48.5 Å². The van der Waals surface area contributed by atoms with Crippen molar-refractivity contribution in [1.29, 1.82) is 0 Å². The minimum absolute atomic E-state index is 0.0932. The number of nitrogens with one attached hydrogen (secondary N) is 1. The Morgan fingerprint density at radius 3 is 2.60 bits per heavy atom. The Kier molecular flexibility index (Phi) is 6.73. The zero-order valence-electron chi connectivity index (χ0n) is 11.9. The Balaban J connectivity index is 2.77. The van der Waals surface area contributed by atoms with Crippen LogP contribution in [-0.4, -0.2) is 24.1 Å². The number of aromatic carboxylic acids is 1. The Hall–Kier alpha value is -1.88. The first-order valence-electron chi connectivity index (χ1n) is 6.73.